The molecule has 3 aromatic rings. The molecule has 1 N–H and O–H groups in total. The number of halogens is 1. The van der Waals surface area contributed by atoms with Gasteiger partial charge in [-0.1, -0.05) is 12.1 Å². The van der Waals surface area contributed by atoms with E-state index in [1.807, 2.05) is 42.5 Å². The number of H-pyrrole nitrogens is 1. The smallest absolute Gasteiger partial charge is 0.174 e. The number of nitriles is 1. The number of benzene rings is 2. The molecule has 0 saturated heterocycles. The fourth-order valence-electron chi connectivity index (χ4n) is 2.34. The van der Waals surface area contributed by atoms with Crippen LogP contribution in [0.2, 0.25) is 0 Å². The zero-order valence-corrected chi connectivity index (χ0v) is 16.5. The van der Waals surface area contributed by atoms with Crippen LogP contribution in [0.4, 0.5) is 0 Å². The van der Waals surface area contributed by atoms with Crippen molar-refractivity contribution in [2.24, 2.45) is 0 Å². The minimum atomic E-state index is 0.530. The van der Waals surface area contributed by atoms with Gasteiger partial charge in [-0.25, -0.2) is 4.98 Å². The minimum Gasteiger partial charge on any atom is -0.493 e. The molecular formula is C18H14IN3O2S. The van der Waals surface area contributed by atoms with Crippen LogP contribution in [0.25, 0.3) is 17.1 Å². The zero-order chi connectivity index (χ0) is 17.8. The summed E-state index contributed by atoms with van der Waals surface area (Å²) in [6.45, 7) is 0. The van der Waals surface area contributed by atoms with Gasteiger partial charge in [-0.2, -0.15) is 5.26 Å². The lowest BCUT2D eigenvalue weighted by atomic mass is 10.2. The molecule has 2 aromatic carbocycles. The number of aromatic amines is 1. The van der Waals surface area contributed by atoms with Crippen molar-refractivity contribution in [3.8, 4) is 17.6 Å². The highest BCUT2D eigenvalue weighted by molar-refractivity contribution is 14.1. The second-order valence-electron chi connectivity index (χ2n) is 5.02. The summed E-state index contributed by atoms with van der Waals surface area (Å²) in [6.07, 6.45) is 1.81. The van der Waals surface area contributed by atoms with E-state index in [2.05, 4.69) is 38.6 Å². The van der Waals surface area contributed by atoms with Crippen molar-refractivity contribution in [1.29, 1.82) is 5.26 Å². The van der Waals surface area contributed by atoms with Gasteiger partial charge in [0.05, 0.1) is 33.7 Å². The number of methoxy groups -OCH3 is 2. The Balaban J connectivity index is 1.92. The van der Waals surface area contributed by atoms with Crippen LogP contribution in [-0.4, -0.2) is 24.2 Å². The molecule has 0 aliphatic carbocycles. The number of allylic oxidation sites excluding steroid dienone is 1. The summed E-state index contributed by atoms with van der Waals surface area (Å²) in [5, 5.41) is 10.2. The normalized spacial score (nSPS) is 11.4. The van der Waals surface area contributed by atoms with Crippen LogP contribution >= 0.6 is 34.4 Å². The van der Waals surface area contributed by atoms with Crippen molar-refractivity contribution >= 4 is 51.5 Å². The summed E-state index contributed by atoms with van der Waals surface area (Å²) in [5.74, 6) is 1.32. The second-order valence-corrected chi connectivity index (χ2v) is 7.21. The van der Waals surface area contributed by atoms with Crippen LogP contribution in [0.15, 0.2) is 46.5 Å². The van der Waals surface area contributed by atoms with Crippen molar-refractivity contribution in [2.45, 2.75) is 5.16 Å². The number of thioether (sulfide) groups is 1. The van der Waals surface area contributed by atoms with E-state index in [1.54, 1.807) is 14.2 Å². The van der Waals surface area contributed by atoms with E-state index in [0.717, 1.165) is 20.2 Å². The number of nitrogens with one attached hydrogen (secondary N) is 1. The Labute approximate surface area is 163 Å². The van der Waals surface area contributed by atoms with E-state index in [0.29, 0.717) is 21.6 Å². The molecule has 126 valence electrons. The number of fused-ring (bicyclic) bond motifs is 1. The second kappa shape index (κ2) is 7.80. The Kier molecular flexibility index (Phi) is 5.50. The van der Waals surface area contributed by atoms with Gasteiger partial charge in [0.25, 0.3) is 0 Å². The molecule has 0 spiro atoms. The molecule has 3 rings (SSSR count). The lowest BCUT2D eigenvalue weighted by Gasteiger charge is -2.10. The van der Waals surface area contributed by atoms with Gasteiger partial charge in [-0.05, 0) is 70.3 Å². The molecule has 0 aliphatic heterocycles. The first-order valence-electron chi connectivity index (χ1n) is 7.30. The number of rotatable bonds is 5. The number of para-hydroxylation sites is 2. The highest BCUT2D eigenvalue weighted by Crippen LogP contribution is 2.35. The van der Waals surface area contributed by atoms with Gasteiger partial charge in [0, 0.05) is 0 Å². The summed E-state index contributed by atoms with van der Waals surface area (Å²) < 4.78 is 11.6. The lowest BCUT2D eigenvalue weighted by molar-refractivity contribution is 0.353. The predicted octanol–water partition coefficient (Wildman–Crippen LogP) is 4.84. The zero-order valence-electron chi connectivity index (χ0n) is 13.5. The van der Waals surface area contributed by atoms with Crippen LogP contribution in [0, 0.1) is 14.9 Å². The van der Waals surface area contributed by atoms with Crippen LogP contribution in [-0.2, 0) is 0 Å². The Morgan fingerprint density at radius 2 is 2.08 bits per heavy atom. The molecule has 0 amide bonds. The van der Waals surface area contributed by atoms with Gasteiger partial charge in [0.2, 0.25) is 0 Å². The van der Waals surface area contributed by atoms with Gasteiger partial charge in [-0.15, -0.1) is 0 Å². The Bertz CT molecular complexity index is 959. The molecule has 1 aromatic heterocycles. The molecule has 0 bridgehead atoms. The molecule has 5 nitrogen and oxygen atoms in total. The van der Waals surface area contributed by atoms with E-state index in [-0.39, 0.29) is 0 Å². The summed E-state index contributed by atoms with van der Waals surface area (Å²) in [7, 11) is 3.20. The first-order valence-corrected chi connectivity index (χ1v) is 9.20. The summed E-state index contributed by atoms with van der Waals surface area (Å²) in [5.41, 5.74) is 2.69. The first-order chi connectivity index (χ1) is 12.1. The standard InChI is InChI=1S/C18H14IN3O2S/c1-23-16-9-11(8-13(19)17(16)24-2)7-12(10-20)25-18-21-14-5-3-4-6-15(14)22-18/h3-9H,1-2H3,(H,21,22)/b12-7+. The monoisotopic (exact) mass is 463 g/mol. The van der Waals surface area contributed by atoms with Crippen LogP contribution in [0.3, 0.4) is 0 Å². The maximum absolute atomic E-state index is 9.48. The fraction of sp³-hybridized carbons (Fsp3) is 0.111. The number of ether oxygens (including phenoxy) is 2. The van der Waals surface area contributed by atoms with E-state index in [1.165, 1.54) is 11.8 Å². The molecule has 0 fully saturated rings. The number of aromatic nitrogens is 2. The number of imidazole rings is 1. The first kappa shape index (κ1) is 17.6. The third-order valence-corrected chi connectivity index (χ3v) is 5.06. The van der Waals surface area contributed by atoms with E-state index >= 15 is 0 Å². The molecule has 0 atom stereocenters. The van der Waals surface area contributed by atoms with Gasteiger partial charge >= 0.3 is 0 Å². The number of nitrogens with zero attached hydrogens (tertiary/aromatic N) is 2. The molecular weight excluding hydrogens is 449 g/mol. The molecule has 0 unspecified atom stereocenters. The maximum atomic E-state index is 9.48. The molecule has 0 radical (unpaired) electrons. The highest BCUT2D eigenvalue weighted by atomic mass is 127. The van der Waals surface area contributed by atoms with Crippen molar-refractivity contribution in [3.05, 3.63) is 50.4 Å². The Morgan fingerprint density at radius 1 is 1.28 bits per heavy atom. The summed E-state index contributed by atoms with van der Waals surface area (Å²) in [4.78, 5) is 8.23. The van der Waals surface area contributed by atoms with Crippen LogP contribution in [0.1, 0.15) is 5.56 Å². The third kappa shape index (κ3) is 3.91. The highest BCUT2D eigenvalue weighted by Gasteiger charge is 2.11. The van der Waals surface area contributed by atoms with Crippen molar-refractivity contribution in [1.82, 2.24) is 9.97 Å². The van der Waals surface area contributed by atoms with Gasteiger partial charge in [-0.3, -0.25) is 0 Å². The Morgan fingerprint density at radius 3 is 2.76 bits per heavy atom. The molecule has 0 saturated carbocycles. The van der Waals surface area contributed by atoms with Crippen LogP contribution in [0.5, 0.6) is 11.5 Å². The fourth-order valence-corrected chi connectivity index (χ4v) is 3.94. The van der Waals surface area contributed by atoms with Gasteiger partial charge in [0.15, 0.2) is 16.7 Å². The van der Waals surface area contributed by atoms with Crippen molar-refractivity contribution in [3.63, 3.8) is 0 Å². The SMILES string of the molecule is COc1cc(/C=C(\C#N)Sc2nc3ccccc3[nH]2)cc(I)c1OC. The van der Waals surface area contributed by atoms with Crippen molar-refractivity contribution in [2.75, 3.05) is 14.2 Å². The van der Waals surface area contributed by atoms with Gasteiger partial charge < -0.3 is 14.5 Å². The third-order valence-electron chi connectivity index (χ3n) is 3.44. The van der Waals surface area contributed by atoms with Crippen LogP contribution < -0.4 is 9.47 Å². The number of hydrogen-bond acceptors (Lipinski definition) is 5. The average Bonchev–Trinajstić information content (AvgIpc) is 3.02. The summed E-state index contributed by atoms with van der Waals surface area (Å²) >= 11 is 3.48. The molecule has 1 heterocycles. The summed E-state index contributed by atoms with van der Waals surface area (Å²) in [6, 6.07) is 13.8. The van der Waals surface area contributed by atoms with E-state index < -0.39 is 0 Å². The van der Waals surface area contributed by atoms with Gasteiger partial charge in [0.1, 0.15) is 6.07 Å². The quantitative estimate of drug-likeness (QED) is 0.333. The van der Waals surface area contributed by atoms with Crippen molar-refractivity contribution < 1.29 is 9.47 Å². The topological polar surface area (TPSA) is 70.9 Å². The lowest BCUT2D eigenvalue weighted by Crippen LogP contribution is -1.94. The largest absolute Gasteiger partial charge is 0.493 e. The average molecular weight is 463 g/mol. The number of hydrogen-bond donors (Lipinski definition) is 1. The predicted molar refractivity (Wildman–Crippen MR) is 108 cm³/mol. The minimum absolute atomic E-state index is 0.530. The molecule has 7 heteroatoms. The maximum Gasteiger partial charge on any atom is 0.174 e. The molecule has 25 heavy (non-hydrogen) atoms. The Hall–Kier alpha value is -2.18. The molecule has 0 aliphatic rings. The van der Waals surface area contributed by atoms with E-state index in [4.69, 9.17) is 9.47 Å². The van der Waals surface area contributed by atoms with E-state index in [9.17, 15) is 5.26 Å².